The molecule has 1 amide bonds. The van der Waals surface area contributed by atoms with E-state index in [1.54, 1.807) is 0 Å². The van der Waals surface area contributed by atoms with Crippen LogP contribution in [-0.2, 0) is 17.4 Å². The van der Waals surface area contributed by atoms with Gasteiger partial charge in [0.1, 0.15) is 12.4 Å². The second kappa shape index (κ2) is 12.1. The standard InChI is InChI=1S/C32H36F3NO2/c1-22(2)20-25-12-7-8-13-28(25)23(3)31(37)36-19-9-14-29(24-10-5-4-6-11-24)30(36)21-38-27-17-15-26(16-18-27)32(33,34)35/h4-8,10-13,15-18,22-23,29-30H,9,14,19-21H2,1-3H3/t23?,29-,30+/m0/s1. The molecule has 0 aromatic heterocycles. The highest BCUT2D eigenvalue weighted by atomic mass is 19.4. The molecule has 0 N–H and O–H groups in total. The highest BCUT2D eigenvalue weighted by Gasteiger charge is 2.38. The molecule has 38 heavy (non-hydrogen) atoms. The highest BCUT2D eigenvalue weighted by Crippen LogP contribution is 2.36. The number of likely N-dealkylation sites (tertiary alicyclic amines) is 1. The molecule has 1 aliphatic heterocycles. The van der Waals surface area contributed by atoms with Gasteiger partial charge in [-0.05, 0) is 73.1 Å². The van der Waals surface area contributed by atoms with Crippen LogP contribution in [0.2, 0.25) is 0 Å². The van der Waals surface area contributed by atoms with Crippen LogP contribution in [0.4, 0.5) is 13.2 Å². The van der Waals surface area contributed by atoms with Crippen molar-refractivity contribution in [2.75, 3.05) is 13.2 Å². The van der Waals surface area contributed by atoms with Crippen molar-refractivity contribution in [3.8, 4) is 5.75 Å². The van der Waals surface area contributed by atoms with Gasteiger partial charge < -0.3 is 9.64 Å². The van der Waals surface area contributed by atoms with Crippen molar-refractivity contribution in [2.45, 2.75) is 64.1 Å². The van der Waals surface area contributed by atoms with Crippen molar-refractivity contribution in [3.05, 3.63) is 101 Å². The number of alkyl halides is 3. The minimum Gasteiger partial charge on any atom is -0.491 e. The van der Waals surface area contributed by atoms with Crippen molar-refractivity contribution >= 4 is 5.91 Å². The Morgan fingerprint density at radius 1 is 0.947 bits per heavy atom. The lowest BCUT2D eigenvalue weighted by Gasteiger charge is -2.42. The molecule has 0 bridgehead atoms. The van der Waals surface area contributed by atoms with Crippen molar-refractivity contribution in [2.24, 2.45) is 5.92 Å². The minimum absolute atomic E-state index is 0.0582. The molecule has 3 atom stereocenters. The Kier molecular flexibility index (Phi) is 8.80. The van der Waals surface area contributed by atoms with Gasteiger partial charge in [-0.1, -0.05) is 68.4 Å². The fraction of sp³-hybridized carbons (Fsp3) is 0.406. The predicted molar refractivity (Wildman–Crippen MR) is 144 cm³/mol. The van der Waals surface area contributed by atoms with E-state index < -0.39 is 11.7 Å². The fourth-order valence-electron chi connectivity index (χ4n) is 5.51. The van der Waals surface area contributed by atoms with E-state index >= 15 is 0 Å². The van der Waals surface area contributed by atoms with E-state index in [9.17, 15) is 18.0 Å². The number of amides is 1. The molecule has 1 saturated heterocycles. The first kappa shape index (κ1) is 27.7. The molecule has 1 fully saturated rings. The first-order valence-electron chi connectivity index (χ1n) is 13.4. The molecule has 1 aliphatic rings. The maximum absolute atomic E-state index is 14.0. The zero-order valence-electron chi connectivity index (χ0n) is 22.2. The van der Waals surface area contributed by atoms with Crippen LogP contribution in [0.1, 0.15) is 67.7 Å². The molecule has 3 aromatic carbocycles. The van der Waals surface area contributed by atoms with E-state index in [1.807, 2.05) is 48.2 Å². The Labute approximate surface area is 223 Å². The molecule has 3 aromatic rings. The maximum atomic E-state index is 14.0. The van der Waals surface area contributed by atoms with Crippen molar-refractivity contribution in [3.63, 3.8) is 0 Å². The number of carbonyl (C=O) groups excluding carboxylic acids is 1. The summed E-state index contributed by atoms with van der Waals surface area (Å²) in [6.45, 7) is 7.15. The molecule has 1 heterocycles. The number of halogens is 3. The van der Waals surface area contributed by atoms with Gasteiger partial charge >= 0.3 is 6.18 Å². The summed E-state index contributed by atoms with van der Waals surface area (Å²) in [7, 11) is 0. The van der Waals surface area contributed by atoms with Crippen LogP contribution in [0.3, 0.4) is 0 Å². The van der Waals surface area contributed by atoms with Crippen molar-refractivity contribution in [1.82, 2.24) is 4.90 Å². The van der Waals surface area contributed by atoms with Gasteiger partial charge in [0.05, 0.1) is 17.5 Å². The lowest BCUT2D eigenvalue weighted by atomic mass is 9.82. The smallest absolute Gasteiger partial charge is 0.416 e. The van der Waals surface area contributed by atoms with Gasteiger partial charge in [-0.25, -0.2) is 0 Å². The highest BCUT2D eigenvalue weighted by molar-refractivity contribution is 5.84. The van der Waals surface area contributed by atoms with Gasteiger partial charge in [-0.15, -0.1) is 0 Å². The maximum Gasteiger partial charge on any atom is 0.416 e. The summed E-state index contributed by atoms with van der Waals surface area (Å²) in [5.41, 5.74) is 2.67. The zero-order chi connectivity index (χ0) is 27.3. The average Bonchev–Trinajstić information content (AvgIpc) is 2.91. The number of carbonyl (C=O) groups is 1. The van der Waals surface area contributed by atoms with Crippen LogP contribution in [0.15, 0.2) is 78.9 Å². The molecule has 3 nitrogen and oxygen atoms in total. The van der Waals surface area contributed by atoms with Crippen LogP contribution in [0, 0.1) is 5.92 Å². The molecule has 0 radical (unpaired) electrons. The molecule has 4 rings (SSSR count). The molecule has 0 spiro atoms. The van der Waals surface area contributed by atoms with Crippen LogP contribution in [0.5, 0.6) is 5.75 Å². The number of benzene rings is 3. The van der Waals surface area contributed by atoms with E-state index in [0.717, 1.165) is 42.5 Å². The second-order valence-corrected chi connectivity index (χ2v) is 10.6. The lowest BCUT2D eigenvalue weighted by Crippen LogP contribution is -2.51. The third-order valence-electron chi connectivity index (χ3n) is 7.41. The Hall–Kier alpha value is -3.28. The van der Waals surface area contributed by atoms with Gasteiger partial charge in [-0.2, -0.15) is 13.2 Å². The lowest BCUT2D eigenvalue weighted by molar-refractivity contribution is -0.138. The van der Waals surface area contributed by atoms with E-state index in [-0.39, 0.29) is 30.4 Å². The first-order valence-corrected chi connectivity index (χ1v) is 13.4. The van der Waals surface area contributed by atoms with E-state index in [2.05, 4.69) is 32.0 Å². The largest absolute Gasteiger partial charge is 0.491 e. The SMILES string of the molecule is CC(C)Cc1ccccc1C(C)C(=O)N1CCC[C@@H](c2ccccc2)[C@H]1COc1ccc(C(F)(F)F)cc1. The summed E-state index contributed by atoms with van der Waals surface area (Å²) in [5, 5.41) is 0. The third kappa shape index (κ3) is 6.58. The summed E-state index contributed by atoms with van der Waals surface area (Å²) < 4.78 is 45.1. The van der Waals surface area contributed by atoms with Crippen LogP contribution in [-0.4, -0.2) is 30.0 Å². The fourth-order valence-corrected chi connectivity index (χ4v) is 5.51. The molecule has 0 saturated carbocycles. The number of rotatable bonds is 8. The molecular formula is C32H36F3NO2. The van der Waals surface area contributed by atoms with E-state index in [4.69, 9.17) is 4.74 Å². The van der Waals surface area contributed by atoms with E-state index in [0.29, 0.717) is 18.2 Å². The van der Waals surface area contributed by atoms with Gasteiger partial charge in [0.2, 0.25) is 5.91 Å². The minimum atomic E-state index is -4.40. The quantitative estimate of drug-likeness (QED) is 0.301. The topological polar surface area (TPSA) is 29.5 Å². The normalized spacial score (nSPS) is 18.9. The van der Waals surface area contributed by atoms with Gasteiger partial charge in [0, 0.05) is 12.5 Å². The second-order valence-electron chi connectivity index (χ2n) is 10.6. The molecule has 1 unspecified atom stereocenters. The Morgan fingerprint density at radius 3 is 2.26 bits per heavy atom. The van der Waals surface area contributed by atoms with Crippen LogP contribution >= 0.6 is 0 Å². The summed E-state index contributed by atoms with van der Waals surface area (Å²) in [4.78, 5) is 16.0. The number of hydrogen-bond acceptors (Lipinski definition) is 2. The van der Waals surface area contributed by atoms with Gasteiger partial charge in [-0.3, -0.25) is 4.79 Å². The molecule has 202 valence electrons. The molecule has 6 heteroatoms. The summed E-state index contributed by atoms with van der Waals surface area (Å²) >= 11 is 0. The summed E-state index contributed by atoms with van der Waals surface area (Å²) in [6.07, 6.45) is -1.71. The van der Waals surface area contributed by atoms with Gasteiger partial charge in [0.15, 0.2) is 0 Å². The first-order chi connectivity index (χ1) is 18.1. The zero-order valence-corrected chi connectivity index (χ0v) is 22.2. The number of hydrogen-bond donors (Lipinski definition) is 0. The number of ether oxygens (including phenoxy) is 1. The van der Waals surface area contributed by atoms with Crippen LogP contribution in [0.25, 0.3) is 0 Å². The summed E-state index contributed by atoms with van der Waals surface area (Å²) in [5.74, 6) is 0.649. The molecular weight excluding hydrogens is 487 g/mol. The number of nitrogens with zero attached hydrogens (tertiary/aromatic N) is 1. The van der Waals surface area contributed by atoms with Crippen molar-refractivity contribution < 1.29 is 22.7 Å². The average molecular weight is 524 g/mol. The number of piperidine rings is 1. The van der Waals surface area contributed by atoms with E-state index in [1.165, 1.54) is 17.7 Å². The molecule has 0 aliphatic carbocycles. The monoisotopic (exact) mass is 523 g/mol. The predicted octanol–water partition coefficient (Wildman–Crippen LogP) is 7.86. The third-order valence-corrected chi connectivity index (χ3v) is 7.41. The van der Waals surface area contributed by atoms with Crippen LogP contribution < -0.4 is 4.74 Å². The Balaban J connectivity index is 1.60. The Morgan fingerprint density at radius 2 is 1.61 bits per heavy atom. The van der Waals surface area contributed by atoms with Gasteiger partial charge in [0.25, 0.3) is 0 Å². The Bertz CT molecular complexity index is 1190. The summed E-state index contributed by atoms with van der Waals surface area (Å²) in [6, 6.07) is 22.8. The van der Waals surface area contributed by atoms with Crippen molar-refractivity contribution in [1.29, 1.82) is 0 Å².